The Bertz CT molecular complexity index is 3070. The van der Waals surface area contributed by atoms with Gasteiger partial charge in [-0.1, -0.05) is 142 Å². The Morgan fingerprint density at radius 2 is 1.56 bits per heavy atom. The minimum absolute atomic E-state index is 0. The molecule has 5 aromatic carbocycles. The van der Waals surface area contributed by atoms with Gasteiger partial charge in [-0.25, -0.2) is 0 Å². The average molecular weight is 1020 g/mol. The van der Waals surface area contributed by atoms with Crippen LogP contribution in [-0.4, -0.2) is 43.9 Å². The fourth-order valence-corrected chi connectivity index (χ4v) is 8.72. The first-order chi connectivity index (χ1) is 29.2. The summed E-state index contributed by atoms with van der Waals surface area (Å²) < 4.78 is 22.8. The Morgan fingerprint density at radius 1 is 0.839 bits per heavy atom. The minimum atomic E-state index is -1.44. The van der Waals surface area contributed by atoms with Crippen molar-refractivity contribution >= 4 is 52.3 Å². The number of carbonyl (C=O) groups is 1. The molecule has 0 aliphatic rings. The van der Waals surface area contributed by atoms with Crippen LogP contribution in [0.5, 0.6) is 0 Å². The molecule has 0 atom stereocenters. The van der Waals surface area contributed by atoms with Crippen LogP contribution in [-0.2, 0) is 20.1 Å². The van der Waals surface area contributed by atoms with Crippen LogP contribution in [0.2, 0.25) is 19.6 Å². The van der Waals surface area contributed by atoms with Crippen molar-refractivity contribution in [2.45, 2.75) is 66.1 Å². The van der Waals surface area contributed by atoms with Gasteiger partial charge >= 0.3 is 0 Å². The molecule has 4 heterocycles. The van der Waals surface area contributed by atoms with Gasteiger partial charge in [-0.15, -0.1) is 35.4 Å². The molecule has 9 rings (SSSR count). The fraction of sp³-hybridized carbons (Fsp3) is 0.196. The van der Waals surface area contributed by atoms with Crippen LogP contribution in [0.1, 0.15) is 66.6 Å². The third-order valence-corrected chi connectivity index (χ3v) is 13.0. The number of pyridine rings is 1. The molecule has 0 saturated carbocycles. The minimum Gasteiger partial charge on any atom is -0.501 e. The maximum Gasteiger partial charge on any atom is 0.292 e. The van der Waals surface area contributed by atoms with Crippen molar-refractivity contribution in [3.05, 3.63) is 156 Å². The van der Waals surface area contributed by atoms with E-state index in [0.29, 0.717) is 23.2 Å². The summed E-state index contributed by atoms with van der Waals surface area (Å²) in [7, 11) is -1.44. The molecule has 0 spiro atoms. The quantitative estimate of drug-likeness (QED) is 0.119. The van der Waals surface area contributed by atoms with E-state index in [4.69, 9.17) is 14.5 Å². The molecule has 1 radical (unpaired) electrons. The summed E-state index contributed by atoms with van der Waals surface area (Å²) >= 11 is 0. The second-order valence-electron chi connectivity index (χ2n) is 17.0. The maximum absolute atomic E-state index is 13.9. The number of nitrogens with zero attached hydrogens (tertiary/aromatic N) is 5. The van der Waals surface area contributed by atoms with Crippen LogP contribution in [0.4, 0.5) is 4.39 Å². The molecule has 9 aromatic rings. The molecule has 0 unspecified atom stereocenters. The number of hydrogen-bond acceptors (Lipinski definition) is 6. The number of aromatic carboxylic acids is 1. The number of aryl methyl sites for hydroxylation is 1. The summed E-state index contributed by atoms with van der Waals surface area (Å²) in [6, 6.07) is 39.7. The van der Waals surface area contributed by atoms with Crippen LogP contribution in [0.15, 0.2) is 120 Å². The molecule has 0 aliphatic carbocycles. The van der Waals surface area contributed by atoms with Crippen molar-refractivity contribution in [2.75, 3.05) is 0 Å². The fourth-order valence-electron chi connectivity index (χ4n) is 7.69. The summed E-state index contributed by atoms with van der Waals surface area (Å²) in [4.78, 5) is 20.1. The van der Waals surface area contributed by atoms with E-state index in [9.17, 15) is 9.18 Å². The Hall–Kier alpha value is -6.13. The van der Waals surface area contributed by atoms with Gasteiger partial charge in [0.15, 0.2) is 5.65 Å². The van der Waals surface area contributed by atoms with Gasteiger partial charge in [-0.3, -0.25) is 14.2 Å². The van der Waals surface area contributed by atoms with Gasteiger partial charge in [0.25, 0.3) is 5.97 Å². The summed E-state index contributed by atoms with van der Waals surface area (Å²) in [6.07, 6.45) is 3.50. The molecule has 0 amide bonds. The number of para-hydroxylation sites is 1. The predicted octanol–water partition coefficient (Wildman–Crippen LogP) is 12.3. The number of imidazole rings is 1. The third kappa shape index (κ3) is 8.53. The van der Waals surface area contributed by atoms with Crippen LogP contribution in [0.3, 0.4) is 0 Å². The summed E-state index contributed by atoms with van der Waals surface area (Å²) in [5.41, 5.74) is 11.6. The molecule has 4 aromatic heterocycles. The molecular formula is C51H46FIrN5O3Si-2. The SMILES string of the molecule is C[Si](C)(C)c1ccc(-c2[c-]cc(C(=O)O)cc2F)nc1.Cc1cccc(-c2ccc3c(c2)oc2c(-c4nc5nnccc5n4-c4c(C(C)C)cccc4C(C)C)[c-]ccc23)c1.[Ir]. The first kappa shape index (κ1) is 43.9. The van der Waals surface area contributed by atoms with Crippen molar-refractivity contribution in [2.24, 2.45) is 0 Å². The number of rotatable bonds is 8. The van der Waals surface area contributed by atoms with Crippen molar-refractivity contribution in [3.8, 4) is 39.5 Å². The van der Waals surface area contributed by atoms with Gasteiger partial charge in [0, 0.05) is 43.2 Å². The molecule has 1 N–H and O–H groups in total. The van der Waals surface area contributed by atoms with E-state index in [1.807, 2.05) is 18.2 Å². The van der Waals surface area contributed by atoms with Gasteiger partial charge in [0.05, 0.1) is 31.2 Å². The smallest absolute Gasteiger partial charge is 0.292 e. The first-order valence-corrected chi connectivity index (χ1v) is 23.9. The summed E-state index contributed by atoms with van der Waals surface area (Å²) in [5.74, 6) is -0.421. The normalized spacial score (nSPS) is 11.6. The van der Waals surface area contributed by atoms with Gasteiger partial charge < -0.3 is 19.1 Å². The Morgan fingerprint density at radius 3 is 2.21 bits per heavy atom. The monoisotopic (exact) mass is 1020 g/mol. The van der Waals surface area contributed by atoms with Crippen LogP contribution < -0.4 is 5.19 Å². The largest absolute Gasteiger partial charge is 0.501 e. The van der Waals surface area contributed by atoms with E-state index in [1.54, 1.807) is 18.5 Å². The van der Waals surface area contributed by atoms with E-state index in [1.165, 1.54) is 33.5 Å². The molecule has 0 aliphatic heterocycles. The zero-order valence-corrected chi connectivity index (χ0v) is 39.2. The van der Waals surface area contributed by atoms with Gasteiger partial charge in [0.1, 0.15) is 5.58 Å². The Labute approximate surface area is 375 Å². The van der Waals surface area contributed by atoms with Crippen molar-refractivity contribution in [3.63, 3.8) is 0 Å². The zero-order valence-electron chi connectivity index (χ0n) is 35.8. The van der Waals surface area contributed by atoms with Crippen LogP contribution >= 0.6 is 0 Å². The molecule has 62 heavy (non-hydrogen) atoms. The predicted molar refractivity (Wildman–Crippen MR) is 245 cm³/mol. The number of furan rings is 1. The van der Waals surface area contributed by atoms with E-state index >= 15 is 0 Å². The first-order valence-electron chi connectivity index (χ1n) is 20.4. The second kappa shape index (κ2) is 17.7. The van der Waals surface area contributed by atoms with E-state index in [0.717, 1.165) is 56.2 Å². The van der Waals surface area contributed by atoms with Gasteiger partial charge in [-0.05, 0) is 69.6 Å². The van der Waals surface area contributed by atoms with Gasteiger partial charge in [-0.2, -0.15) is 5.10 Å². The average Bonchev–Trinajstić information content (AvgIpc) is 3.81. The molecule has 0 bridgehead atoms. The standard InChI is InChI=1S/C36H31N4O.C15H15FNO2Si.Ir/c1-21(2)26-11-7-12-27(22(3)4)33(26)40-31-17-18-37-39-35(31)38-36(40)30-14-8-13-29-28-16-15-25(20-32(28)41-34(29)30)24-10-6-9-23(5)19-24;1-20(2,3)11-5-7-14(17-9-11)12-6-4-10(15(18)19)8-13(12)16;/h6-13,15-22H,1-5H3;4-5,7-9H,1-3H3,(H,18,19);/q2*-1;. The van der Waals surface area contributed by atoms with Crippen LogP contribution in [0, 0.1) is 24.9 Å². The number of carboxylic acids is 1. The van der Waals surface area contributed by atoms with Crippen LogP contribution in [0.25, 0.3) is 72.6 Å². The molecule has 0 saturated heterocycles. The zero-order chi connectivity index (χ0) is 43.2. The number of fused-ring (bicyclic) bond motifs is 4. The topological polar surface area (TPSA) is 107 Å². The van der Waals surface area contributed by atoms with E-state index < -0.39 is 19.9 Å². The molecular weight excluding hydrogens is 970 g/mol. The van der Waals surface area contributed by atoms with Crippen molar-refractivity contribution < 1.29 is 38.8 Å². The molecule has 315 valence electrons. The van der Waals surface area contributed by atoms with E-state index in [-0.39, 0.29) is 31.2 Å². The number of halogens is 1. The van der Waals surface area contributed by atoms with Crippen molar-refractivity contribution in [1.82, 2.24) is 24.7 Å². The Kier molecular flexibility index (Phi) is 12.5. The third-order valence-electron chi connectivity index (χ3n) is 10.9. The second-order valence-corrected chi connectivity index (χ2v) is 22.1. The Balaban J connectivity index is 0.000000233. The summed E-state index contributed by atoms with van der Waals surface area (Å²) in [6.45, 7) is 17.7. The van der Waals surface area contributed by atoms with Gasteiger partial charge in [0.2, 0.25) is 0 Å². The summed E-state index contributed by atoms with van der Waals surface area (Å²) in [5, 5.41) is 20.7. The van der Waals surface area contributed by atoms with E-state index in [2.05, 4.69) is 153 Å². The molecule has 8 nitrogen and oxygen atoms in total. The number of hydrogen-bond donors (Lipinski definition) is 1. The maximum atomic E-state index is 13.9. The molecule has 0 fully saturated rings. The number of carboxylic acid groups (broad SMARTS) is 1. The molecule has 11 heteroatoms. The number of benzene rings is 5. The number of aromatic nitrogens is 5. The van der Waals surface area contributed by atoms with Crippen molar-refractivity contribution in [1.29, 1.82) is 0 Å².